The highest BCUT2D eigenvalue weighted by Crippen LogP contribution is 2.35. The van der Waals surface area contributed by atoms with E-state index in [2.05, 4.69) is 20.6 Å². The van der Waals surface area contributed by atoms with Crippen LogP contribution in [0, 0.1) is 6.92 Å². The number of hydrogen-bond donors (Lipinski definition) is 2. The summed E-state index contributed by atoms with van der Waals surface area (Å²) in [7, 11) is 3.13. The summed E-state index contributed by atoms with van der Waals surface area (Å²) in [6, 6.07) is 17.8. The number of para-hydroxylation sites is 1. The number of hydrogen-bond acceptors (Lipinski definition) is 6. The number of aromatic nitrogens is 2. The monoisotopic (exact) mass is 430 g/mol. The van der Waals surface area contributed by atoms with Gasteiger partial charge in [-0.2, -0.15) is 0 Å². The SMILES string of the molecule is COc1cc2ncnc(Oc3ccc(NC(=O)Nc4ccccc4C)cc3)c2cc1OC. The highest BCUT2D eigenvalue weighted by Gasteiger charge is 2.12. The molecule has 0 bridgehead atoms. The number of amides is 2. The number of aryl methyl sites for hydroxylation is 1. The number of nitrogens with one attached hydrogen (secondary N) is 2. The Bertz CT molecular complexity index is 1260. The van der Waals surface area contributed by atoms with Crippen LogP contribution in [0.15, 0.2) is 67.0 Å². The van der Waals surface area contributed by atoms with Crippen LogP contribution in [-0.4, -0.2) is 30.2 Å². The molecular weight excluding hydrogens is 408 g/mol. The minimum absolute atomic E-state index is 0.323. The summed E-state index contributed by atoms with van der Waals surface area (Å²) in [6.07, 6.45) is 1.43. The molecular formula is C24H22N4O4. The zero-order valence-electron chi connectivity index (χ0n) is 17.9. The molecule has 0 unspecified atom stereocenters. The Morgan fingerprint density at radius 2 is 1.59 bits per heavy atom. The van der Waals surface area contributed by atoms with E-state index >= 15 is 0 Å². The van der Waals surface area contributed by atoms with Gasteiger partial charge in [-0.05, 0) is 48.9 Å². The lowest BCUT2D eigenvalue weighted by molar-refractivity contribution is 0.262. The molecule has 32 heavy (non-hydrogen) atoms. The molecule has 4 rings (SSSR count). The van der Waals surface area contributed by atoms with Gasteiger partial charge in [0.2, 0.25) is 5.88 Å². The first-order valence-electron chi connectivity index (χ1n) is 9.85. The van der Waals surface area contributed by atoms with E-state index in [1.54, 1.807) is 50.6 Å². The fraction of sp³-hybridized carbons (Fsp3) is 0.125. The molecule has 0 aliphatic heterocycles. The summed E-state index contributed by atoms with van der Waals surface area (Å²) in [6.45, 7) is 1.93. The van der Waals surface area contributed by atoms with E-state index in [0.29, 0.717) is 39.7 Å². The number of nitrogens with zero attached hydrogens (tertiary/aromatic N) is 2. The van der Waals surface area contributed by atoms with Crippen LogP contribution in [0.4, 0.5) is 16.2 Å². The van der Waals surface area contributed by atoms with Crippen LogP contribution in [0.3, 0.4) is 0 Å². The second-order valence-electron chi connectivity index (χ2n) is 6.92. The Morgan fingerprint density at radius 1 is 0.875 bits per heavy atom. The standard InChI is InChI=1S/C24H22N4O4/c1-15-6-4-5-7-19(15)28-24(29)27-16-8-10-17(11-9-16)32-23-18-12-21(30-2)22(31-3)13-20(18)25-14-26-23/h4-14H,1-3H3,(H2,27,28,29). The lowest BCUT2D eigenvalue weighted by Gasteiger charge is -2.12. The predicted molar refractivity (Wildman–Crippen MR) is 123 cm³/mol. The molecule has 2 amide bonds. The van der Waals surface area contributed by atoms with E-state index in [4.69, 9.17) is 14.2 Å². The summed E-state index contributed by atoms with van der Waals surface area (Å²) in [5, 5.41) is 6.32. The number of methoxy groups -OCH3 is 2. The van der Waals surface area contributed by atoms with Gasteiger partial charge in [-0.25, -0.2) is 14.8 Å². The molecule has 1 heterocycles. The van der Waals surface area contributed by atoms with Crippen molar-refractivity contribution in [2.45, 2.75) is 6.92 Å². The summed E-state index contributed by atoms with van der Waals surface area (Å²) < 4.78 is 16.7. The molecule has 0 saturated carbocycles. The molecule has 1 aromatic heterocycles. The third-order valence-corrected chi connectivity index (χ3v) is 4.82. The number of benzene rings is 3. The number of anilines is 2. The van der Waals surface area contributed by atoms with Crippen molar-refractivity contribution in [3.8, 4) is 23.1 Å². The van der Waals surface area contributed by atoms with Crippen molar-refractivity contribution in [1.82, 2.24) is 9.97 Å². The number of rotatable bonds is 6. The molecule has 0 spiro atoms. The third-order valence-electron chi connectivity index (χ3n) is 4.82. The molecule has 0 radical (unpaired) electrons. The lowest BCUT2D eigenvalue weighted by atomic mass is 10.2. The Hall–Kier alpha value is -4.33. The molecule has 4 aromatic rings. The highest BCUT2D eigenvalue weighted by molar-refractivity contribution is 6.00. The van der Waals surface area contributed by atoms with Crippen molar-refractivity contribution in [1.29, 1.82) is 0 Å². The van der Waals surface area contributed by atoms with E-state index < -0.39 is 0 Å². The molecule has 2 N–H and O–H groups in total. The van der Waals surface area contributed by atoms with E-state index in [1.165, 1.54) is 6.33 Å². The lowest BCUT2D eigenvalue weighted by Crippen LogP contribution is -2.19. The minimum atomic E-state index is -0.323. The van der Waals surface area contributed by atoms with Gasteiger partial charge in [0, 0.05) is 17.4 Å². The molecule has 0 saturated heterocycles. The van der Waals surface area contributed by atoms with Gasteiger partial charge in [0.15, 0.2) is 11.5 Å². The van der Waals surface area contributed by atoms with Crippen LogP contribution in [0.2, 0.25) is 0 Å². The van der Waals surface area contributed by atoms with Gasteiger partial charge < -0.3 is 24.8 Å². The number of carbonyl (C=O) groups excluding carboxylic acids is 1. The summed E-state index contributed by atoms with van der Waals surface area (Å²) in [5.41, 5.74) is 3.03. The van der Waals surface area contributed by atoms with Crippen LogP contribution in [0.1, 0.15) is 5.56 Å². The molecule has 0 atom stereocenters. The van der Waals surface area contributed by atoms with Gasteiger partial charge >= 0.3 is 6.03 Å². The first kappa shape index (κ1) is 20.9. The summed E-state index contributed by atoms with van der Waals surface area (Å²) in [4.78, 5) is 20.8. The van der Waals surface area contributed by atoms with Gasteiger partial charge in [0.05, 0.1) is 25.1 Å². The second-order valence-corrected chi connectivity index (χ2v) is 6.92. The number of carbonyl (C=O) groups is 1. The average molecular weight is 430 g/mol. The van der Waals surface area contributed by atoms with E-state index in [0.717, 1.165) is 11.3 Å². The Kier molecular flexibility index (Phi) is 6.03. The molecule has 8 nitrogen and oxygen atoms in total. The Morgan fingerprint density at radius 3 is 2.31 bits per heavy atom. The minimum Gasteiger partial charge on any atom is -0.493 e. The first-order valence-corrected chi connectivity index (χ1v) is 9.85. The van der Waals surface area contributed by atoms with Crippen LogP contribution in [0.5, 0.6) is 23.1 Å². The fourth-order valence-corrected chi connectivity index (χ4v) is 3.16. The third kappa shape index (κ3) is 4.54. The fourth-order valence-electron chi connectivity index (χ4n) is 3.16. The second kappa shape index (κ2) is 9.22. The zero-order valence-corrected chi connectivity index (χ0v) is 17.9. The number of ether oxygens (including phenoxy) is 3. The predicted octanol–water partition coefficient (Wildman–Crippen LogP) is 5.39. The largest absolute Gasteiger partial charge is 0.493 e. The molecule has 162 valence electrons. The Labute approximate surface area is 185 Å². The van der Waals surface area contributed by atoms with Crippen LogP contribution in [-0.2, 0) is 0 Å². The average Bonchev–Trinajstić information content (AvgIpc) is 2.81. The van der Waals surface area contributed by atoms with E-state index in [9.17, 15) is 4.79 Å². The topological polar surface area (TPSA) is 94.6 Å². The zero-order chi connectivity index (χ0) is 22.5. The summed E-state index contributed by atoms with van der Waals surface area (Å²) >= 11 is 0. The van der Waals surface area contributed by atoms with Crippen LogP contribution in [0.25, 0.3) is 10.9 Å². The van der Waals surface area contributed by atoms with Gasteiger partial charge in [0.1, 0.15) is 12.1 Å². The van der Waals surface area contributed by atoms with Crippen molar-refractivity contribution in [3.05, 3.63) is 72.6 Å². The number of fused-ring (bicyclic) bond motifs is 1. The maximum Gasteiger partial charge on any atom is 0.323 e. The van der Waals surface area contributed by atoms with Crippen molar-refractivity contribution >= 4 is 28.3 Å². The molecule has 0 aliphatic carbocycles. The summed E-state index contributed by atoms with van der Waals surface area (Å²) in [5.74, 6) is 2.07. The molecule has 0 aliphatic rings. The number of urea groups is 1. The maximum absolute atomic E-state index is 12.3. The highest BCUT2D eigenvalue weighted by atomic mass is 16.5. The van der Waals surface area contributed by atoms with Gasteiger partial charge in [0.25, 0.3) is 0 Å². The first-order chi connectivity index (χ1) is 15.6. The smallest absolute Gasteiger partial charge is 0.323 e. The van der Waals surface area contributed by atoms with Crippen LogP contribution >= 0.6 is 0 Å². The van der Waals surface area contributed by atoms with Crippen molar-refractivity contribution < 1.29 is 19.0 Å². The van der Waals surface area contributed by atoms with Gasteiger partial charge in [-0.1, -0.05) is 18.2 Å². The van der Waals surface area contributed by atoms with Gasteiger partial charge in [-0.15, -0.1) is 0 Å². The van der Waals surface area contributed by atoms with Crippen molar-refractivity contribution in [2.24, 2.45) is 0 Å². The van der Waals surface area contributed by atoms with Crippen LogP contribution < -0.4 is 24.8 Å². The quantitative estimate of drug-likeness (QED) is 0.426. The normalized spacial score (nSPS) is 10.5. The Balaban J connectivity index is 1.48. The van der Waals surface area contributed by atoms with Gasteiger partial charge in [-0.3, -0.25) is 0 Å². The van der Waals surface area contributed by atoms with E-state index in [-0.39, 0.29) is 6.03 Å². The molecule has 0 fully saturated rings. The van der Waals surface area contributed by atoms with E-state index in [1.807, 2.05) is 31.2 Å². The van der Waals surface area contributed by atoms with Crippen molar-refractivity contribution in [3.63, 3.8) is 0 Å². The molecule has 3 aromatic carbocycles. The maximum atomic E-state index is 12.3. The van der Waals surface area contributed by atoms with Crippen molar-refractivity contribution in [2.75, 3.05) is 24.9 Å². The molecule has 8 heteroatoms.